The molecule has 2 aromatic carbocycles. The monoisotopic (exact) mass is 308 g/mol. The molecule has 17 heavy (non-hydrogen) atoms. The van der Waals surface area contributed by atoms with Gasteiger partial charge in [-0.15, -0.1) is 0 Å². The summed E-state index contributed by atoms with van der Waals surface area (Å²) in [6, 6.07) is 19.3. The Labute approximate surface area is 110 Å². The predicted octanol–water partition coefficient (Wildman–Crippen LogP) is 4.11. The van der Waals surface area contributed by atoms with Crippen LogP contribution in [0.4, 0.5) is 0 Å². The molecule has 0 aromatic heterocycles. The summed E-state index contributed by atoms with van der Waals surface area (Å²) in [6.45, 7) is 1.95. The highest BCUT2D eigenvalue weighted by molar-refractivity contribution is 9.25. The first-order valence-electron chi connectivity index (χ1n) is 5.33. The molecule has 2 rings (SSSR count). The van der Waals surface area contributed by atoms with Crippen molar-refractivity contribution in [2.75, 3.05) is 0 Å². The number of halogens is 1. The van der Waals surface area contributed by atoms with Crippen LogP contribution in [0.3, 0.4) is 0 Å². The van der Waals surface area contributed by atoms with Crippen LogP contribution in [0.1, 0.15) is 0 Å². The standard InChI is InChI=1S/C13H13BrO2Si/c1-17(14,15-12-8-4-2-5-9-12)16-13-10-6-3-7-11-13/h2-11H,1H3. The number of benzene rings is 2. The van der Waals surface area contributed by atoms with Gasteiger partial charge in [0.2, 0.25) is 0 Å². The summed E-state index contributed by atoms with van der Waals surface area (Å²) in [5, 5.41) is 0. The molecule has 0 N–H and O–H groups in total. The van der Waals surface area contributed by atoms with Gasteiger partial charge in [0.1, 0.15) is 11.5 Å². The number of rotatable bonds is 4. The molecule has 0 radical (unpaired) electrons. The van der Waals surface area contributed by atoms with E-state index in [2.05, 4.69) is 15.3 Å². The molecule has 0 aliphatic carbocycles. The average Bonchev–Trinajstić information content (AvgIpc) is 2.30. The van der Waals surface area contributed by atoms with E-state index in [0.717, 1.165) is 11.5 Å². The minimum absolute atomic E-state index is 0.814. The molecule has 2 aromatic rings. The van der Waals surface area contributed by atoms with Crippen LogP contribution in [0.15, 0.2) is 60.7 Å². The van der Waals surface area contributed by atoms with Crippen LogP contribution in [0.25, 0.3) is 0 Å². The summed E-state index contributed by atoms with van der Waals surface area (Å²) in [5.74, 6) is 1.63. The molecule has 0 unspecified atom stereocenters. The van der Waals surface area contributed by atoms with Crippen LogP contribution in [-0.4, -0.2) is 7.18 Å². The van der Waals surface area contributed by atoms with Gasteiger partial charge in [-0.2, -0.15) is 0 Å². The quantitative estimate of drug-likeness (QED) is 0.625. The maximum Gasteiger partial charge on any atom is 0.534 e. The zero-order chi connectivity index (χ0) is 12.1. The van der Waals surface area contributed by atoms with Crippen molar-refractivity contribution in [1.82, 2.24) is 0 Å². The normalized spacial score (nSPS) is 10.9. The highest BCUT2D eigenvalue weighted by atomic mass is 79.9. The fourth-order valence-corrected chi connectivity index (χ4v) is 3.70. The molecule has 0 atom stereocenters. The molecule has 0 bridgehead atoms. The maximum absolute atomic E-state index is 5.84. The Morgan fingerprint density at radius 3 is 1.47 bits per heavy atom. The van der Waals surface area contributed by atoms with Crippen molar-refractivity contribution in [3.8, 4) is 11.5 Å². The Kier molecular flexibility index (Phi) is 3.86. The van der Waals surface area contributed by atoms with Gasteiger partial charge in [0, 0.05) is 6.55 Å². The molecule has 0 aliphatic rings. The highest BCUT2D eigenvalue weighted by Crippen LogP contribution is 2.23. The lowest BCUT2D eigenvalue weighted by molar-refractivity contribution is 0.423. The van der Waals surface area contributed by atoms with Crippen LogP contribution < -0.4 is 8.85 Å². The van der Waals surface area contributed by atoms with Gasteiger partial charge in [0.25, 0.3) is 0 Å². The predicted molar refractivity (Wildman–Crippen MR) is 74.7 cm³/mol. The number of hydrogen-bond acceptors (Lipinski definition) is 2. The van der Waals surface area contributed by atoms with Crippen molar-refractivity contribution in [2.24, 2.45) is 0 Å². The first-order valence-corrected chi connectivity index (χ1v) is 9.90. The summed E-state index contributed by atoms with van der Waals surface area (Å²) in [6.07, 6.45) is 0. The van der Waals surface area contributed by atoms with E-state index < -0.39 is 7.18 Å². The molecule has 0 aliphatic heterocycles. The summed E-state index contributed by atoms with van der Waals surface area (Å²) < 4.78 is 11.7. The fourth-order valence-electron chi connectivity index (χ4n) is 1.42. The van der Waals surface area contributed by atoms with Crippen LogP contribution in [0.5, 0.6) is 11.5 Å². The molecule has 4 heteroatoms. The molecule has 0 saturated carbocycles. The van der Waals surface area contributed by atoms with Crippen molar-refractivity contribution >= 4 is 22.5 Å². The van der Waals surface area contributed by atoms with Crippen molar-refractivity contribution in [1.29, 1.82) is 0 Å². The lowest BCUT2D eigenvalue weighted by Crippen LogP contribution is -2.38. The lowest BCUT2D eigenvalue weighted by atomic mass is 10.3. The lowest BCUT2D eigenvalue weighted by Gasteiger charge is -2.22. The van der Waals surface area contributed by atoms with E-state index in [1.165, 1.54) is 0 Å². The van der Waals surface area contributed by atoms with Crippen molar-refractivity contribution in [3.05, 3.63) is 60.7 Å². The number of para-hydroxylation sites is 2. The number of hydrogen-bond donors (Lipinski definition) is 0. The summed E-state index contributed by atoms with van der Waals surface area (Å²) in [5.41, 5.74) is 0. The van der Waals surface area contributed by atoms with Gasteiger partial charge in [0.15, 0.2) is 0 Å². The van der Waals surface area contributed by atoms with E-state index in [-0.39, 0.29) is 0 Å². The summed E-state index contributed by atoms with van der Waals surface area (Å²) in [4.78, 5) is 0. The zero-order valence-electron chi connectivity index (χ0n) is 9.47. The topological polar surface area (TPSA) is 18.5 Å². The van der Waals surface area contributed by atoms with Gasteiger partial charge in [-0.1, -0.05) is 36.4 Å². The molecule has 0 saturated heterocycles. The van der Waals surface area contributed by atoms with Gasteiger partial charge in [-0.05, 0) is 39.6 Å². The Morgan fingerprint density at radius 1 is 0.765 bits per heavy atom. The smallest absolute Gasteiger partial charge is 0.505 e. The maximum atomic E-state index is 5.84. The van der Waals surface area contributed by atoms with Crippen molar-refractivity contribution in [3.63, 3.8) is 0 Å². The Balaban J connectivity index is 2.04. The Morgan fingerprint density at radius 2 is 1.12 bits per heavy atom. The fraction of sp³-hybridized carbons (Fsp3) is 0.0769. The first-order chi connectivity index (χ1) is 8.16. The highest BCUT2D eigenvalue weighted by Gasteiger charge is 2.32. The summed E-state index contributed by atoms with van der Waals surface area (Å²) >= 11 is 3.55. The summed E-state index contributed by atoms with van der Waals surface area (Å²) in [7, 11) is -2.37. The zero-order valence-corrected chi connectivity index (χ0v) is 12.1. The van der Waals surface area contributed by atoms with Crippen LogP contribution in [0, 0.1) is 0 Å². The van der Waals surface area contributed by atoms with Gasteiger partial charge >= 0.3 is 7.18 Å². The van der Waals surface area contributed by atoms with E-state index in [1.54, 1.807) is 0 Å². The molecule has 0 amide bonds. The molecular weight excluding hydrogens is 296 g/mol. The average molecular weight is 309 g/mol. The Hall–Kier alpha value is -1.26. The second-order valence-corrected chi connectivity index (χ2v) is 10.1. The van der Waals surface area contributed by atoms with E-state index in [4.69, 9.17) is 8.85 Å². The molecular formula is C13H13BrO2Si. The SMILES string of the molecule is C[Si](Br)(Oc1ccccc1)Oc1ccccc1. The minimum Gasteiger partial charge on any atom is -0.505 e. The van der Waals surface area contributed by atoms with Crippen molar-refractivity contribution in [2.45, 2.75) is 6.55 Å². The van der Waals surface area contributed by atoms with E-state index in [0.29, 0.717) is 0 Å². The van der Waals surface area contributed by atoms with Gasteiger partial charge in [0.05, 0.1) is 0 Å². The largest absolute Gasteiger partial charge is 0.534 e. The van der Waals surface area contributed by atoms with Gasteiger partial charge in [-0.25, -0.2) is 0 Å². The van der Waals surface area contributed by atoms with Gasteiger partial charge in [-0.3, -0.25) is 0 Å². The molecule has 0 fully saturated rings. The van der Waals surface area contributed by atoms with Gasteiger partial charge < -0.3 is 8.85 Å². The molecule has 0 spiro atoms. The second kappa shape index (κ2) is 5.38. The van der Waals surface area contributed by atoms with E-state index >= 15 is 0 Å². The third kappa shape index (κ3) is 3.91. The minimum atomic E-state index is -2.37. The molecule has 88 valence electrons. The van der Waals surface area contributed by atoms with E-state index in [1.807, 2.05) is 67.2 Å². The van der Waals surface area contributed by atoms with Crippen LogP contribution >= 0.6 is 15.3 Å². The third-order valence-corrected chi connectivity index (χ3v) is 4.26. The molecule has 0 heterocycles. The van der Waals surface area contributed by atoms with E-state index in [9.17, 15) is 0 Å². The molecule has 2 nitrogen and oxygen atoms in total. The first kappa shape index (κ1) is 12.2. The Bertz CT molecular complexity index is 416. The van der Waals surface area contributed by atoms with Crippen LogP contribution in [0.2, 0.25) is 6.55 Å². The van der Waals surface area contributed by atoms with Crippen molar-refractivity contribution < 1.29 is 8.85 Å². The third-order valence-electron chi connectivity index (χ3n) is 2.09. The second-order valence-electron chi connectivity index (χ2n) is 3.67. The van der Waals surface area contributed by atoms with Crippen LogP contribution in [-0.2, 0) is 0 Å².